The third-order valence-electron chi connectivity index (χ3n) is 2.59. The predicted molar refractivity (Wildman–Crippen MR) is 77.0 cm³/mol. The second-order valence-electron chi connectivity index (χ2n) is 4.25. The molecule has 0 spiro atoms. The summed E-state index contributed by atoms with van der Waals surface area (Å²) in [6, 6.07) is 7.91. The summed E-state index contributed by atoms with van der Waals surface area (Å²) in [5.74, 6) is 0.372. The second kappa shape index (κ2) is 7.42. The van der Waals surface area contributed by atoms with Gasteiger partial charge in [-0.05, 0) is 46.3 Å². The summed E-state index contributed by atoms with van der Waals surface area (Å²) in [6.07, 6.45) is 0.873. The van der Waals surface area contributed by atoms with E-state index in [0.717, 1.165) is 4.47 Å². The van der Waals surface area contributed by atoms with Crippen LogP contribution in [0.2, 0.25) is 0 Å². The van der Waals surface area contributed by atoms with Gasteiger partial charge in [-0.15, -0.1) is 0 Å². The number of hydrogen-bond acceptors (Lipinski definition) is 4. The van der Waals surface area contributed by atoms with Gasteiger partial charge < -0.3 is 19.6 Å². The first kappa shape index (κ1) is 15.0. The number of aliphatic hydroxyl groups excluding tert-OH is 1. The maximum Gasteiger partial charge on any atom is 0.129 e. The molecule has 2 N–H and O–H groups in total. The van der Waals surface area contributed by atoms with Gasteiger partial charge in [0.05, 0.1) is 24.7 Å². The largest absolute Gasteiger partial charge is 0.467 e. The zero-order chi connectivity index (χ0) is 14.4. The fourth-order valence-corrected chi connectivity index (χ4v) is 2.00. The minimum atomic E-state index is -0.694. The number of nitrogens with one attached hydrogen (secondary N) is 1. The van der Waals surface area contributed by atoms with E-state index in [-0.39, 0.29) is 19.0 Å². The lowest BCUT2D eigenvalue weighted by molar-refractivity contribution is 0.0282. The molecule has 4 nitrogen and oxygen atoms in total. The Morgan fingerprint density at radius 1 is 1.40 bits per heavy atom. The Bertz CT molecular complexity index is 533. The van der Waals surface area contributed by atoms with Crippen molar-refractivity contribution in [2.75, 3.05) is 18.5 Å². The van der Waals surface area contributed by atoms with Crippen molar-refractivity contribution in [2.45, 2.75) is 12.7 Å². The Hall–Kier alpha value is -1.37. The fraction of sp³-hybridized carbons (Fsp3) is 0.286. The number of hydrogen-bond donors (Lipinski definition) is 2. The zero-order valence-electron chi connectivity index (χ0n) is 10.7. The molecule has 108 valence electrons. The second-order valence-corrected chi connectivity index (χ2v) is 5.11. The minimum absolute atomic E-state index is 0.167. The smallest absolute Gasteiger partial charge is 0.129 e. The van der Waals surface area contributed by atoms with E-state index in [9.17, 15) is 9.50 Å². The topological polar surface area (TPSA) is 54.6 Å². The molecule has 1 aromatic heterocycles. The van der Waals surface area contributed by atoms with Crippen LogP contribution in [0.3, 0.4) is 0 Å². The minimum Gasteiger partial charge on any atom is -0.467 e. The molecule has 0 bridgehead atoms. The van der Waals surface area contributed by atoms with Crippen LogP contribution < -0.4 is 5.32 Å². The number of furan rings is 1. The molecule has 0 aliphatic carbocycles. The van der Waals surface area contributed by atoms with Crippen molar-refractivity contribution in [1.82, 2.24) is 0 Å². The first-order valence-electron chi connectivity index (χ1n) is 6.12. The SMILES string of the molecule is OC(CNc1cc(F)ccc1Br)COCc1ccco1. The predicted octanol–water partition coefficient (Wildman–Crippen LogP) is 3.17. The van der Waals surface area contributed by atoms with Gasteiger partial charge in [-0.1, -0.05) is 0 Å². The molecule has 0 aliphatic rings. The molecule has 0 fully saturated rings. The van der Waals surface area contributed by atoms with Crippen LogP contribution in [0.15, 0.2) is 45.5 Å². The molecular weight excluding hydrogens is 329 g/mol. The zero-order valence-corrected chi connectivity index (χ0v) is 12.3. The Labute approximate surface area is 124 Å². The highest BCUT2D eigenvalue weighted by atomic mass is 79.9. The van der Waals surface area contributed by atoms with Crippen molar-refractivity contribution in [1.29, 1.82) is 0 Å². The van der Waals surface area contributed by atoms with Gasteiger partial charge >= 0.3 is 0 Å². The van der Waals surface area contributed by atoms with E-state index in [1.807, 2.05) is 0 Å². The summed E-state index contributed by atoms with van der Waals surface area (Å²) in [4.78, 5) is 0. The molecule has 2 rings (SSSR count). The molecule has 0 amide bonds. The van der Waals surface area contributed by atoms with Crippen LogP contribution in [0, 0.1) is 5.82 Å². The lowest BCUT2D eigenvalue weighted by Crippen LogP contribution is -2.24. The van der Waals surface area contributed by atoms with Gasteiger partial charge in [0.15, 0.2) is 0 Å². The average Bonchev–Trinajstić information content (AvgIpc) is 2.93. The Morgan fingerprint density at radius 3 is 3.00 bits per heavy atom. The van der Waals surface area contributed by atoms with E-state index in [0.29, 0.717) is 18.1 Å². The molecule has 1 heterocycles. The monoisotopic (exact) mass is 343 g/mol. The van der Waals surface area contributed by atoms with E-state index >= 15 is 0 Å². The van der Waals surface area contributed by atoms with Crippen LogP contribution in [0.1, 0.15) is 5.76 Å². The number of anilines is 1. The molecule has 6 heteroatoms. The highest BCUT2D eigenvalue weighted by molar-refractivity contribution is 9.10. The third kappa shape index (κ3) is 4.63. The van der Waals surface area contributed by atoms with Crippen molar-refractivity contribution >= 4 is 21.6 Å². The normalized spacial score (nSPS) is 12.3. The molecule has 0 saturated carbocycles. The van der Waals surface area contributed by atoms with E-state index in [1.165, 1.54) is 12.1 Å². The average molecular weight is 344 g/mol. The summed E-state index contributed by atoms with van der Waals surface area (Å²) in [5, 5.41) is 12.7. The van der Waals surface area contributed by atoms with Crippen LogP contribution >= 0.6 is 15.9 Å². The van der Waals surface area contributed by atoms with Crippen molar-refractivity contribution in [2.24, 2.45) is 0 Å². The Morgan fingerprint density at radius 2 is 2.25 bits per heavy atom. The van der Waals surface area contributed by atoms with Crippen LogP contribution in [-0.2, 0) is 11.3 Å². The number of halogens is 2. The third-order valence-corrected chi connectivity index (χ3v) is 3.28. The lowest BCUT2D eigenvalue weighted by Gasteiger charge is -2.14. The molecule has 1 atom stereocenters. The van der Waals surface area contributed by atoms with Gasteiger partial charge in [-0.25, -0.2) is 4.39 Å². The van der Waals surface area contributed by atoms with Crippen LogP contribution in [-0.4, -0.2) is 24.4 Å². The van der Waals surface area contributed by atoms with E-state index in [2.05, 4.69) is 21.2 Å². The Kier molecular flexibility index (Phi) is 5.58. The molecule has 2 aromatic rings. The molecule has 1 unspecified atom stereocenters. The Balaban J connectivity index is 1.71. The van der Waals surface area contributed by atoms with E-state index in [4.69, 9.17) is 9.15 Å². The number of rotatable bonds is 7. The van der Waals surface area contributed by atoms with E-state index in [1.54, 1.807) is 24.5 Å². The van der Waals surface area contributed by atoms with Crippen molar-refractivity contribution in [3.63, 3.8) is 0 Å². The summed E-state index contributed by atoms with van der Waals surface area (Å²) in [7, 11) is 0. The molecule has 0 aliphatic heterocycles. The summed E-state index contributed by atoms with van der Waals surface area (Å²) < 4.78 is 24.2. The summed E-state index contributed by atoms with van der Waals surface area (Å²) >= 11 is 3.30. The van der Waals surface area contributed by atoms with Crippen LogP contribution in [0.25, 0.3) is 0 Å². The van der Waals surface area contributed by atoms with Crippen LogP contribution in [0.4, 0.5) is 10.1 Å². The number of aliphatic hydroxyl groups is 1. The first-order valence-corrected chi connectivity index (χ1v) is 6.91. The lowest BCUT2D eigenvalue weighted by atomic mass is 10.3. The van der Waals surface area contributed by atoms with E-state index < -0.39 is 6.10 Å². The van der Waals surface area contributed by atoms with Crippen molar-refractivity contribution in [3.05, 3.63) is 52.6 Å². The standard InChI is InChI=1S/C14H15BrFNO3/c15-13-4-3-10(16)6-14(13)17-7-11(18)8-19-9-12-2-1-5-20-12/h1-6,11,17-18H,7-9H2. The van der Waals surface area contributed by atoms with Gasteiger partial charge in [0.2, 0.25) is 0 Å². The van der Waals surface area contributed by atoms with Crippen molar-refractivity contribution in [3.8, 4) is 0 Å². The summed E-state index contributed by atoms with van der Waals surface area (Å²) in [6.45, 7) is 0.745. The first-order chi connectivity index (χ1) is 9.65. The molecule has 0 radical (unpaired) electrons. The summed E-state index contributed by atoms with van der Waals surface area (Å²) in [5.41, 5.74) is 0.593. The van der Waals surface area contributed by atoms with Gasteiger partial charge in [-0.3, -0.25) is 0 Å². The van der Waals surface area contributed by atoms with Gasteiger partial charge in [0, 0.05) is 11.0 Å². The quantitative estimate of drug-likeness (QED) is 0.810. The van der Waals surface area contributed by atoms with Gasteiger partial charge in [-0.2, -0.15) is 0 Å². The van der Waals surface area contributed by atoms with Crippen LogP contribution in [0.5, 0.6) is 0 Å². The molecule has 1 aromatic carbocycles. The van der Waals surface area contributed by atoms with Crippen molar-refractivity contribution < 1.29 is 18.7 Å². The molecule has 0 saturated heterocycles. The maximum absolute atomic E-state index is 13.1. The highest BCUT2D eigenvalue weighted by Crippen LogP contribution is 2.22. The van der Waals surface area contributed by atoms with Gasteiger partial charge in [0.25, 0.3) is 0 Å². The number of benzene rings is 1. The molecular formula is C14H15BrFNO3. The molecule has 20 heavy (non-hydrogen) atoms. The highest BCUT2D eigenvalue weighted by Gasteiger charge is 2.07. The fourth-order valence-electron chi connectivity index (χ4n) is 1.61. The maximum atomic E-state index is 13.1. The number of ether oxygens (including phenoxy) is 1. The van der Waals surface area contributed by atoms with Gasteiger partial charge in [0.1, 0.15) is 18.2 Å².